The van der Waals surface area contributed by atoms with E-state index in [4.69, 9.17) is 4.74 Å². The molecule has 0 saturated heterocycles. The predicted octanol–water partition coefficient (Wildman–Crippen LogP) is 1.92. The lowest BCUT2D eigenvalue weighted by atomic mass is 9.95. The summed E-state index contributed by atoms with van der Waals surface area (Å²) in [7, 11) is 3.85. The van der Waals surface area contributed by atoms with E-state index in [0.29, 0.717) is 19.7 Å². The van der Waals surface area contributed by atoms with E-state index in [1.54, 1.807) is 0 Å². The van der Waals surface area contributed by atoms with Gasteiger partial charge < -0.3 is 14.2 Å². The molecule has 0 unspecified atom stereocenters. The number of rotatable bonds is 5. The number of nitrogens with zero attached hydrogens (tertiary/aromatic N) is 4. The van der Waals surface area contributed by atoms with E-state index < -0.39 is 0 Å². The van der Waals surface area contributed by atoms with E-state index >= 15 is 0 Å². The maximum atomic E-state index is 12.9. The number of amides is 1. The molecule has 1 atom stereocenters. The summed E-state index contributed by atoms with van der Waals surface area (Å²) in [5.41, 5.74) is 3.06. The first-order valence-corrected chi connectivity index (χ1v) is 8.62. The lowest BCUT2D eigenvalue weighted by molar-refractivity contribution is 0.0615. The fourth-order valence-electron chi connectivity index (χ4n) is 3.43. The van der Waals surface area contributed by atoms with Crippen LogP contribution in [0.25, 0.3) is 0 Å². The molecule has 2 aliphatic rings. The van der Waals surface area contributed by atoms with Crippen LogP contribution in [0.2, 0.25) is 0 Å². The molecule has 1 aliphatic heterocycles. The van der Waals surface area contributed by atoms with Crippen molar-refractivity contribution in [1.82, 2.24) is 19.2 Å². The molecular weight excluding hydrogens is 304 g/mol. The van der Waals surface area contributed by atoms with Gasteiger partial charge in [-0.2, -0.15) is 5.10 Å². The molecule has 3 heterocycles. The number of carbonyl (C=O) groups is 1. The van der Waals surface area contributed by atoms with Gasteiger partial charge in [-0.1, -0.05) is 0 Å². The largest absolute Gasteiger partial charge is 0.380 e. The first-order valence-electron chi connectivity index (χ1n) is 8.62. The Morgan fingerprint density at radius 1 is 1.33 bits per heavy atom. The van der Waals surface area contributed by atoms with E-state index in [-0.39, 0.29) is 11.8 Å². The van der Waals surface area contributed by atoms with Crippen LogP contribution < -0.4 is 0 Å². The Balaban J connectivity index is 1.53. The highest BCUT2D eigenvalue weighted by molar-refractivity contribution is 5.93. The molecule has 2 aromatic heterocycles. The zero-order valence-corrected chi connectivity index (χ0v) is 14.3. The monoisotopic (exact) mass is 328 g/mol. The Labute approximate surface area is 142 Å². The van der Waals surface area contributed by atoms with Crippen molar-refractivity contribution >= 4 is 5.91 Å². The van der Waals surface area contributed by atoms with E-state index in [9.17, 15) is 4.79 Å². The summed E-state index contributed by atoms with van der Waals surface area (Å²) >= 11 is 0. The highest BCUT2D eigenvalue weighted by Gasteiger charge is 2.32. The van der Waals surface area contributed by atoms with Crippen molar-refractivity contribution in [3.63, 3.8) is 0 Å². The molecule has 6 heteroatoms. The minimum absolute atomic E-state index is 0.0709. The van der Waals surface area contributed by atoms with Gasteiger partial charge in [0.05, 0.1) is 25.0 Å². The molecule has 128 valence electrons. The lowest BCUT2D eigenvalue weighted by Crippen LogP contribution is -2.40. The zero-order chi connectivity index (χ0) is 16.7. The Morgan fingerprint density at radius 2 is 2.17 bits per heavy atom. The second-order valence-corrected chi connectivity index (χ2v) is 7.04. The van der Waals surface area contributed by atoms with Crippen molar-refractivity contribution < 1.29 is 9.53 Å². The van der Waals surface area contributed by atoms with E-state index in [1.165, 1.54) is 18.4 Å². The Kier molecular flexibility index (Phi) is 3.92. The van der Waals surface area contributed by atoms with Gasteiger partial charge in [0, 0.05) is 44.9 Å². The highest BCUT2D eigenvalue weighted by Crippen LogP contribution is 2.32. The Morgan fingerprint density at radius 3 is 2.88 bits per heavy atom. The van der Waals surface area contributed by atoms with Crippen LogP contribution in [0.3, 0.4) is 0 Å². The van der Waals surface area contributed by atoms with Crippen molar-refractivity contribution in [2.45, 2.75) is 25.3 Å². The maximum Gasteiger partial charge on any atom is 0.270 e. The molecule has 4 rings (SSSR count). The first-order chi connectivity index (χ1) is 11.6. The van der Waals surface area contributed by atoms with Crippen molar-refractivity contribution in [2.75, 3.05) is 19.8 Å². The number of hydrogen-bond acceptors (Lipinski definition) is 3. The average Bonchev–Trinajstić information content (AvgIpc) is 3.18. The van der Waals surface area contributed by atoms with Gasteiger partial charge in [-0.25, -0.2) is 0 Å². The van der Waals surface area contributed by atoms with Gasteiger partial charge in [0.2, 0.25) is 0 Å². The molecule has 1 amide bonds. The molecular formula is C18H24N4O2. The van der Waals surface area contributed by atoms with Crippen LogP contribution in [0.5, 0.6) is 0 Å². The summed E-state index contributed by atoms with van der Waals surface area (Å²) in [6.07, 6.45) is 6.43. The van der Waals surface area contributed by atoms with Crippen LogP contribution in [-0.2, 0) is 25.4 Å². The Hall–Kier alpha value is -2.08. The van der Waals surface area contributed by atoms with Crippen LogP contribution in [0.4, 0.5) is 0 Å². The summed E-state index contributed by atoms with van der Waals surface area (Å²) in [6, 6.07) is 3.78. The zero-order valence-electron chi connectivity index (χ0n) is 14.3. The van der Waals surface area contributed by atoms with Crippen molar-refractivity contribution in [3.05, 3.63) is 41.5 Å². The minimum atomic E-state index is 0.0709. The maximum absolute atomic E-state index is 12.9. The highest BCUT2D eigenvalue weighted by atomic mass is 16.5. The topological polar surface area (TPSA) is 52.3 Å². The minimum Gasteiger partial charge on any atom is -0.380 e. The van der Waals surface area contributed by atoms with Crippen LogP contribution in [0.15, 0.2) is 24.5 Å². The number of ether oxygens (including phenoxy) is 1. The van der Waals surface area contributed by atoms with E-state index in [1.807, 2.05) is 52.8 Å². The summed E-state index contributed by atoms with van der Waals surface area (Å²) in [5, 5.41) is 4.40. The van der Waals surface area contributed by atoms with Gasteiger partial charge in [0.25, 0.3) is 5.91 Å². The normalized spacial score (nSPS) is 20.2. The van der Waals surface area contributed by atoms with Gasteiger partial charge >= 0.3 is 0 Å². The molecule has 0 N–H and O–H groups in total. The molecule has 0 aromatic carbocycles. The third-order valence-electron chi connectivity index (χ3n) is 5.13. The standard InChI is InChI=1S/C18H24N4O2/c1-20-7-3-4-16(20)18(23)22-9-14(12-24-11-13-5-6-13)15-8-19-21(2)17(15)10-22/h3-4,7-8,13-14H,5-6,9-12H2,1-2H3/t14-/m0/s1. The number of aromatic nitrogens is 3. The molecule has 2 aromatic rings. The second kappa shape index (κ2) is 6.09. The summed E-state index contributed by atoms with van der Waals surface area (Å²) in [4.78, 5) is 14.8. The third kappa shape index (κ3) is 2.86. The van der Waals surface area contributed by atoms with Crippen molar-refractivity contribution in [2.24, 2.45) is 20.0 Å². The molecule has 0 spiro atoms. The number of carbonyl (C=O) groups excluding carboxylic acids is 1. The van der Waals surface area contributed by atoms with Crippen molar-refractivity contribution in [3.8, 4) is 0 Å². The van der Waals surface area contributed by atoms with Gasteiger partial charge in [0.1, 0.15) is 5.69 Å². The fourth-order valence-corrected chi connectivity index (χ4v) is 3.43. The number of fused-ring (bicyclic) bond motifs is 1. The molecule has 6 nitrogen and oxygen atoms in total. The van der Waals surface area contributed by atoms with E-state index in [2.05, 4.69) is 5.10 Å². The van der Waals surface area contributed by atoms with Crippen LogP contribution in [0, 0.1) is 5.92 Å². The first kappa shape index (κ1) is 15.4. The molecule has 1 saturated carbocycles. The number of aryl methyl sites for hydroxylation is 2. The van der Waals surface area contributed by atoms with Crippen molar-refractivity contribution in [1.29, 1.82) is 0 Å². The Bertz CT molecular complexity index is 744. The molecule has 24 heavy (non-hydrogen) atoms. The summed E-state index contributed by atoms with van der Waals surface area (Å²) in [5.74, 6) is 1.02. The van der Waals surface area contributed by atoms with Gasteiger partial charge in [0.15, 0.2) is 0 Å². The quantitative estimate of drug-likeness (QED) is 0.843. The molecule has 1 aliphatic carbocycles. The van der Waals surface area contributed by atoms with Crippen LogP contribution >= 0.6 is 0 Å². The average molecular weight is 328 g/mol. The fraction of sp³-hybridized carbons (Fsp3) is 0.556. The number of hydrogen-bond donors (Lipinski definition) is 0. The summed E-state index contributed by atoms with van der Waals surface area (Å²) in [6.45, 7) is 2.80. The van der Waals surface area contributed by atoms with Gasteiger partial charge in [-0.15, -0.1) is 0 Å². The smallest absolute Gasteiger partial charge is 0.270 e. The van der Waals surface area contributed by atoms with Crippen LogP contribution in [-0.4, -0.2) is 44.9 Å². The lowest BCUT2D eigenvalue weighted by Gasteiger charge is -2.33. The van der Waals surface area contributed by atoms with Gasteiger partial charge in [-0.3, -0.25) is 9.48 Å². The van der Waals surface area contributed by atoms with Gasteiger partial charge in [-0.05, 0) is 30.9 Å². The second-order valence-electron chi connectivity index (χ2n) is 7.04. The summed E-state index contributed by atoms with van der Waals surface area (Å²) < 4.78 is 9.68. The third-order valence-corrected chi connectivity index (χ3v) is 5.13. The molecule has 0 bridgehead atoms. The van der Waals surface area contributed by atoms with E-state index in [0.717, 1.165) is 23.9 Å². The molecule has 0 radical (unpaired) electrons. The molecule has 1 fully saturated rings. The van der Waals surface area contributed by atoms with Crippen LogP contribution in [0.1, 0.15) is 40.5 Å². The SMILES string of the molecule is Cn1cccc1C(=O)N1Cc2c(cnn2C)[C@H](COCC2CC2)C1. The predicted molar refractivity (Wildman–Crippen MR) is 89.6 cm³/mol.